The van der Waals surface area contributed by atoms with Crippen molar-refractivity contribution in [2.75, 3.05) is 6.54 Å². The van der Waals surface area contributed by atoms with Crippen LogP contribution in [0.25, 0.3) is 11.1 Å². The van der Waals surface area contributed by atoms with Gasteiger partial charge in [-0.15, -0.1) is 11.3 Å². The minimum absolute atomic E-state index is 0.120. The molecule has 0 atom stereocenters. The van der Waals surface area contributed by atoms with Crippen LogP contribution in [0.2, 0.25) is 0 Å². The van der Waals surface area contributed by atoms with E-state index in [4.69, 9.17) is 0 Å². The number of urea groups is 1. The predicted octanol–water partition coefficient (Wildman–Crippen LogP) is 4.71. The van der Waals surface area contributed by atoms with Crippen LogP contribution in [0.1, 0.15) is 45.8 Å². The molecule has 2 heterocycles. The lowest BCUT2D eigenvalue weighted by Crippen LogP contribution is -2.51. The number of hydrogen-bond acceptors (Lipinski definition) is 4. The van der Waals surface area contributed by atoms with Crippen LogP contribution < -0.4 is 5.32 Å². The number of hydrogen-bond donors (Lipinski definition) is 1. The first-order valence-electron chi connectivity index (χ1n) is 9.84. The molecule has 0 radical (unpaired) electrons. The molecule has 158 valence electrons. The number of halogens is 2. The summed E-state index contributed by atoms with van der Waals surface area (Å²) >= 11 is 1.34. The molecule has 1 spiro atoms. The molecule has 2 aliphatic rings. The SMILES string of the molecule is Cc1sc(C(=O)CN2C(=O)NC3(CCC(F)(F)CC3)C2=O)c(C)c1-c1ccccc1. The van der Waals surface area contributed by atoms with Gasteiger partial charge in [-0.2, -0.15) is 0 Å². The average Bonchev–Trinajstić information content (AvgIpc) is 3.13. The summed E-state index contributed by atoms with van der Waals surface area (Å²) in [5.41, 5.74) is 1.48. The lowest BCUT2D eigenvalue weighted by atomic mass is 9.80. The van der Waals surface area contributed by atoms with E-state index in [1.165, 1.54) is 11.3 Å². The van der Waals surface area contributed by atoms with E-state index in [-0.39, 0.29) is 18.6 Å². The number of benzene rings is 1. The monoisotopic (exact) mass is 432 g/mol. The molecule has 1 saturated heterocycles. The van der Waals surface area contributed by atoms with Crippen LogP contribution in [-0.2, 0) is 4.79 Å². The molecule has 2 aromatic rings. The number of nitrogens with zero attached hydrogens (tertiary/aromatic N) is 1. The molecule has 1 aromatic heterocycles. The number of Topliss-reactive ketones (excluding diaryl/α,β-unsaturated/α-hetero) is 1. The van der Waals surface area contributed by atoms with E-state index in [0.717, 1.165) is 26.5 Å². The second kappa shape index (κ2) is 7.27. The Morgan fingerprint density at radius 2 is 1.73 bits per heavy atom. The second-order valence-electron chi connectivity index (χ2n) is 8.04. The molecule has 1 aliphatic carbocycles. The van der Waals surface area contributed by atoms with Crippen molar-refractivity contribution >= 4 is 29.1 Å². The molecule has 1 aromatic carbocycles. The van der Waals surface area contributed by atoms with E-state index < -0.39 is 42.8 Å². The highest BCUT2D eigenvalue weighted by molar-refractivity contribution is 7.14. The summed E-state index contributed by atoms with van der Waals surface area (Å²) in [6.45, 7) is 3.40. The van der Waals surface area contributed by atoms with Crippen LogP contribution in [0.15, 0.2) is 30.3 Å². The number of nitrogens with one attached hydrogen (secondary N) is 1. The van der Waals surface area contributed by atoms with Gasteiger partial charge in [0, 0.05) is 17.7 Å². The van der Waals surface area contributed by atoms with Crippen molar-refractivity contribution in [3.63, 3.8) is 0 Å². The van der Waals surface area contributed by atoms with E-state index in [2.05, 4.69) is 5.32 Å². The normalized spacial score (nSPS) is 19.9. The summed E-state index contributed by atoms with van der Waals surface area (Å²) in [4.78, 5) is 40.7. The first-order valence-corrected chi connectivity index (χ1v) is 10.7. The fraction of sp³-hybridized carbons (Fsp3) is 0.409. The van der Waals surface area contributed by atoms with Crippen LogP contribution >= 0.6 is 11.3 Å². The van der Waals surface area contributed by atoms with E-state index in [0.29, 0.717) is 4.88 Å². The Kier molecular flexibility index (Phi) is 5.00. The summed E-state index contributed by atoms with van der Waals surface area (Å²) in [6, 6.07) is 9.02. The minimum atomic E-state index is -2.82. The van der Waals surface area contributed by atoms with E-state index in [1.807, 2.05) is 44.2 Å². The number of rotatable bonds is 4. The lowest BCUT2D eigenvalue weighted by molar-refractivity contribution is -0.135. The molecule has 30 heavy (non-hydrogen) atoms. The summed E-state index contributed by atoms with van der Waals surface area (Å²) in [5.74, 6) is -3.73. The maximum atomic E-state index is 13.5. The maximum Gasteiger partial charge on any atom is 0.325 e. The maximum absolute atomic E-state index is 13.5. The molecular formula is C22H22F2N2O3S. The van der Waals surface area contributed by atoms with Gasteiger partial charge in [0.25, 0.3) is 5.91 Å². The highest BCUT2D eigenvalue weighted by Crippen LogP contribution is 2.41. The number of amides is 3. The van der Waals surface area contributed by atoms with Gasteiger partial charge >= 0.3 is 6.03 Å². The van der Waals surface area contributed by atoms with Crippen molar-refractivity contribution in [2.24, 2.45) is 0 Å². The van der Waals surface area contributed by atoms with Gasteiger partial charge in [0.05, 0.1) is 11.4 Å². The van der Waals surface area contributed by atoms with Crippen LogP contribution in [-0.4, -0.2) is 40.6 Å². The lowest BCUT2D eigenvalue weighted by Gasteiger charge is -2.34. The van der Waals surface area contributed by atoms with Gasteiger partial charge in [-0.3, -0.25) is 14.5 Å². The Balaban J connectivity index is 1.55. The molecule has 0 bridgehead atoms. The zero-order valence-corrected chi connectivity index (χ0v) is 17.6. The first kappa shape index (κ1) is 20.7. The predicted molar refractivity (Wildman–Crippen MR) is 110 cm³/mol. The number of aryl methyl sites for hydroxylation is 1. The zero-order chi connectivity index (χ0) is 21.7. The number of carbonyl (C=O) groups excluding carboxylic acids is 3. The number of thiophene rings is 1. The molecule has 3 amide bonds. The highest BCUT2D eigenvalue weighted by Gasteiger charge is 2.55. The summed E-state index contributed by atoms with van der Waals surface area (Å²) < 4.78 is 27.1. The molecule has 5 nitrogen and oxygen atoms in total. The molecule has 2 fully saturated rings. The van der Waals surface area contributed by atoms with Gasteiger partial charge in [-0.1, -0.05) is 30.3 Å². The third kappa shape index (κ3) is 3.43. The molecule has 1 aliphatic heterocycles. The molecule has 1 saturated carbocycles. The quantitative estimate of drug-likeness (QED) is 0.562. The van der Waals surface area contributed by atoms with Crippen molar-refractivity contribution in [1.29, 1.82) is 0 Å². The minimum Gasteiger partial charge on any atom is -0.323 e. The van der Waals surface area contributed by atoms with Gasteiger partial charge in [0.15, 0.2) is 5.78 Å². The van der Waals surface area contributed by atoms with Gasteiger partial charge in [0.2, 0.25) is 5.92 Å². The van der Waals surface area contributed by atoms with Crippen molar-refractivity contribution in [2.45, 2.75) is 51.0 Å². The number of ketones is 1. The van der Waals surface area contributed by atoms with Gasteiger partial charge in [-0.05, 0) is 43.4 Å². The molecule has 4 rings (SSSR count). The topological polar surface area (TPSA) is 66.5 Å². The number of alkyl halides is 2. The number of imide groups is 1. The van der Waals surface area contributed by atoms with Gasteiger partial charge in [0.1, 0.15) is 5.54 Å². The van der Waals surface area contributed by atoms with E-state index in [9.17, 15) is 23.2 Å². The summed E-state index contributed by atoms with van der Waals surface area (Å²) in [7, 11) is 0. The van der Waals surface area contributed by atoms with Crippen molar-refractivity contribution in [3.8, 4) is 11.1 Å². The van der Waals surface area contributed by atoms with Crippen LogP contribution in [0.3, 0.4) is 0 Å². The van der Waals surface area contributed by atoms with Gasteiger partial charge in [-0.25, -0.2) is 13.6 Å². The Morgan fingerprint density at radius 1 is 1.10 bits per heavy atom. The van der Waals surface area contributed by atoms with E-state index >= 15 is 0 Å². The standard InChI is InChI=1S/C22H22F2N2O3S/c1-13-17(15-6-4-3-5-7-15)14(2)30-18(13)16(27)12-26-19(28)21(25-20(26)29)8-10-22(23,24)11-9-21/h3-7H,8-12H2,1-2H3,(H,25,29). The van der Waals surface area contributed by atoms with Crippen LogP contribution in [0.4, 0.5) is 13.6 Å². The van der Waals surface area contributed by atoms with Crippen molar-refractivity contribution in [3.05, 3.63) is 45.6 Å². The fourth-order valence-corrected chi connectivity index (χ4v) is 5.48. The number of carbonyl (C=O) groups is 3. The first-order chi connectivity index (χ1) is 14.1. The summed E-state index contributed by atoms with van der Waals surface area (Å²) in [6.07, 6.45) is -1.15. The Bertz CT molecular complexity index is 1020. The van der Waals surface area contributed by atoms with Gasteiger partial charge < -0.3 is 5.32 Å². The molecule has 0 unspecified atom stereocenters. The Labute approximate surface area is 177 Å². The third-order valence-electron chi connectivity index (χ3n) is 6.02. The smallest absolute Gasteiger partial charge is 0.323 e. The second-order valence-corrected chi connectivity index (χ2v) is 9.26. The Morgan fingerprint density at radius 3 is 2.37 bits per heavy atom. The van der Waals surface area contributed by atoms with Crippen LogP contribution in [0.5, 0.6) is 0 Å². The van der Waals surface area contributed by atoms with Crippen molar-refractivity contribution in [1.82, 2.24) is 10.2 Å². The van der Waals surface area contributed by atoms with Crippen LogP contribution in [0, 0.1) is 13.8 Å². The molecular weight excluding hydrogens is 410 g/mol. The molecule has 1 N–H and O–H groups in total. The summed E-state index contributed by atoms with van der Waals surface area (Å²) in [5, 5.41) is 2.58. The molecule has 8 heteroatoms. The zero-order valence-electron chi connectivity index (χ0n) is 16.8. The Hall–Kier alpha value is -2.61. The largest absolute Gasteiger partial charge is 0.325 e. The van der Waals surface area contributed by atoms with E-state index in [1.54, 1.807) is 0 Å². The third-order valence-corrected chi connectivity index (χ3v) is 7.27. The van der Waals surface area contributed by atoms with Crippen molar-refractivity contribution < 1.29 is 23.2 Å². The highest BCUT2D eigenvalue weighted by atomic mass is 32.1. The average molecular weight is 432 g/mol. The fourth-order valence-electron chi connectivity index (χ4n) is 4.37.